The van der Waals surface area contributed by atoms with E-state index in [0.717, 1.165) is 32.2 Å². The van der Waals surface area contributed by atoms with Gasteiger partial charge in [0.05, 0.1) is 0 Å². The number of aliphatic hydroxyl groups excluding tert-OH is 1. The molecule has 0 spiro atoms. The number of nitrogens with zero attached hydrogens (tertiary/aromatic N) is 1. The minimum Gasteiger partial charge on any atom is -0.376 e. The van der Waals surface area contributed by atoms with Crippen LogP contribution in [0.4, 0.5) is 0 Å². The molecule has 0 aromatic rings. The highest BCUT2D eigenvalue weighted by molar-refractivity contribution is 5.80. The van der Waals surface area contributed by atoms with Crippen LogP contribution in [-0.2, 0) is 4.79 Å². The Hall–Kier alpha value is -0.570. The molecule has 1 aliphatic heterocycles. The third-order valence-corrected chi connectivity index (χ3v) is 2.49. The average molecular weight is 171 g/mol. The predicted molar refractivity (Wildman–Crippen MR) is 46.4 cm³/mol. The lowest BCUT2D eigenvalue weighted by Gasteiger charge is -2.12. The van der Waals surface area contributed by atoms with Crippen molar-refractivity contribution in [1.29, 1.82) is 0 Å². The van der Waals surface area contributed by atoms with E-state index >= 15 is 0 Å². The Morgan fingerprint density at radius 3 is 2.92 bits per heavy atom. The highest BCUT2D eigenvalue weighted by atomic mass is 16.3. The van der Waals surface area contributed by atoms with Crippen molar-refractivity contribution in [3.63, 3.8) is 0 Å². The van der Waals surface area contributed by atoms with Gasteiger partial charge in [-0.15, -0.1) is 0 Å². The van der Waals surface area contributed by atoms with Gasteiger partial charge in [-0.1, -0.05) is 19.8 Å². The quantitative estimate of drug-likeness (QED) is 0.684. The van der Waals surface area contributed by atoms with Crippen LogP contribution in [0.1, 0.15) is 32.6 Å². The molecule has 0 aliphatic carbocycles. The highest BCUT2D eigenvalue weighted by Crippen LogP contribution is 2.22. The van der Waals surface area contributed by atoms with Crippen LogP contribution < -0.4 is 0 Å². The van der Waals surface area contributed by atoms with Crippen LogP contribution in [0.3, 0.4) is 0 Å². The number of carbonyl (C=O) groups excluding carboxylic acids is 1. The maximum Gasteiger partial charge on any atom is 0.227 e. The van der Waals surface area contributed by atoms with Crippen molar-refractivity contribution in [3.8, 4) is 0 Å². The fourth-order valence-electron chi connectivity index (χ4n) is 1.66. The summed E-state index contributed by atoms with van der Waals surface area (Å²) in [6.45, 7) is 2.76. The summed E-state index contributed by atoms with van der Waals surface area (Å²) in [5.41, 5.74) is 0. The average Bonchev–Trinajstić information content (AvgIpc) is 2.43. The maximum atomic E-state index is 11.4. The summed E-state index contributed by atoms with van der Waals surface area (Å²) in [4.78, 5) is 12.9. The summed E-state index contributed by atoms with van der Waals surface area (Å²) in [7, 11) is 0. The van der Waals surface area contributed by atoms with Crippen molar-refractivity contribution in [2.45, 2.75) is 32.6 Å². The molecule has 0 aromatic heterocycles. The van der Waals surface area contributed by atoms with Gasteiger partial charge in [0.2, 0.25) is 5.91 Å². The Morgan fingerprint density at radius 1 is 1.67 bits per heavy atom. The Morgan fingerprint density at radius 2 is 2.42 bits per heavy atom. The smallest absolute Gasteiger partial charge is 0.227 e. The van der Waals surface area contributed by atoms with Gasteiger partial charge in [-0.2, -0.15) is 0 Å². The van der Waals surface area contributed by atoms with E-state index in [1.807, 2.05) is 0 Å². The molecule has 0 bridgehead atoms. The zero-order valence-electron chi connectivity index (χ0n) is 7.62. The molecule has 3 heteroatoms. The number of hydrogen-bond acceptors (Lipinski definition) is 2. The minimum absolute atomic E-state index is 0.110. The van der Waals surface area contributed by atoms with Gasteiger partial charge in [-0.05, 0) is 12.8 Å². The van der Waals surface area contributed by atoms with Crippen molar-refractivity contribution >= 4 is 5.91 Å². The summed E-state index contributed by atoms with van der Waals surface area (Å²) in [6, 6.07) is 0. The fraction of sp³-hybridized carbons (Fsp3) is 0.889. The van der Waals surface area contributed by atoms with Gasteiger partial charge in [-0.3, -0.25) is 4.79 Å². The number of unbranched alkanes of at least 4 members (excludes halogenated alkanes) is 1. The van der Waals surface area contributed by atoms with Gasteiger partial charge in [0.1, 0.15) is 6.73 Å². The summed E-state index contributed by atoms with van der Waals surface area (Å²) >= 11 is 0. The first kappa shape index (κ1) is 9.52. The summed E-state index contributed by atoms with van der Waals surface area (Å²) in [6.07, 6.45) is 4.18. The van der Waals surface area contributed by atoms with E-state index in [9.17, 15) is 4.79 Å². The molecule has 70 valence electrons. The summed E-state index contributed by atoms with van der Waals surface area (Å²) in [5, 5.41) is 8.78. The Bertz CT molecular complexity index is 159. The minimum atomic E-state index is -0.110. The zero-order chi connectivity index (χ0) is 8.97. The summed E-state index contributed by atoms with van der Waals surface area (Å²) < 4.78 is 0. The van der Waals surface area contributed by atoms with Gasteiger partial charge < -0.3 is 10.0 Å². The molecule has 0 radical (unpaired) electrons. The van der Waals surface area contributed by atoms with Crippen LogP contribution >= 0.6 is 0 Å². The molecular weight excluding hydrogens is 154 g/mol. The SMILES string of the molecule is CCCCC1CCN(CO)C1=O. The van der Waals surface area contributed by atoms with E-state index in [0.29, 0.717) is 0 Å². The predicted octanol–water partition coefficient (Wildman–Crippen LogP) is 0.975. The monoisotopic (exact) mass is 171 g/mol. The van der Waals surface area contributed by atoms with E-state index in [-0.39, 0.29) is 18.6 Å². The normalized spacial score (nSPS) is 23.7. The molecule has 0 aromatic carbocycles. The molecule has 1 saturated heterocycles. The van der Waals surface area contributed by atoms with E-state index in [4.69, 9.17) is 5.11 Å². The van der Waals surface area contributed by atoms with Gasteiger partial charge in [0.25, 0.3) is 0 Å². The number of carbonyl (C=O) groups is 1. The van der Waals surface area contributed by atoms with Crippen LogP contribution in [0.2, 0.25) is 0 Å². The number of aliphatic hydroxyl groups is 1. The lowest BCUT2D eigenvalue weighted by Crippen LogP contribution is -2.28. The van der Waals surface area contributed by atoms with E-state index in [1.165, 1.54) is 4.90 Å². The Labute approximate surface area is 73.4 Å². The zero-order valence-corrected chi connectivity index (χ0v) is 7.62. The van der Waals surface area contributed by atoms with Crippen LogP contribution in [0, 0.1) is 5.92 Å². The lowest BCUT2D eigenvalue weighted by molar-refractivity contribution is -0.134. The van der Waals surface area contributed by atoms with Crippen LogP contribution in [0.15, 0.2) is 0 Å². The van der Waals surface area contributed by atoms with Gasteiger partial charge >= 0.3 is 0 Å². The van der Waals surface area contributed by atoms with Crippen molar-refractivity contribution in [2.24, 2.45) is 5.92 Å². The number of amides is 1. The first-order valence-corrected chi connectivity index (χ1v) is 4.69. The second kappa shape index (κ2) is 4.45. The fourth-order valence-corrected chi connectivity index (χ4v) is 1.66. The third kappa shape index (κ3) is 1.97. The standard InChI is InChI=1S/C9H17NO2/c1-2-3-4-8-5-6-10(7-11)9(8)12/h8,11H,2-7H2,1H3. The largest absolute Gasteiger partial charge is 0.376 e. The molecule has 1 aliphatic rings. The molecule has 1 rings (SSSR count). The van der Waals surface area contributed by atoms with Gasteiger partial charge in [0, 0.05) is 12.5 Å². The Kier molecular flexibility index (Phi) is 3.53. The number of rotatable bonds is 4. The van der Waals surface area contributed by atoms with Crippen molar-refractivity contribution < 1.29 is 9.90 Å². The Balaban J connectivity index is 2.33. The van der Waals surface area contributed by atoms with Crippen molar-refractivity contribution in [2.75, 3.05) is 13.3 Å². The molecule has 0 saturated carbocycles. The lowest BCUT2D eigenvalue weighted by atomic mass is 10.0. The molecule has 12 heavy (non-hydrogen) atoms. The first-order chi connectivity index (χ1) is 5.79. The first-order valence-electron chi connectivity index (χ1n) is 4.69. The van der Waals surface area contributed by atoms with Crippen molar-refractivity contribution in [1.82, 2.24) is 4.90 Å². The van der Waals surface area contributed by atoms with E-state index in [1.54, 1.807) is 0 Å². The second-order valence-electron chi connectivity index (χ2n) is 3.37. The molecular formula is C9H17NO2. The van der Waals surface area contributed by atoms with E-state index < -0.39 is 0 Å². The number of hydrogen-bond donors (Lipinski definition) is 1. The molecule has 3 nitrogen and oxygen atoms in total. The second-order valence-corrected chi connectivity index (χ2v) is 3.37. The van der Waals surface area contributed by atoms with Gasteiger partial charge in [-0.25, -0.2) is 0 Å². The maximum absolute atomic E-state index is 11.4. The molecule has 1 fully saturated rings. The van der Waals surface area contributed by atoms with Crippen LogP contribution in [-0.4, -0.2) is 29.2 Å². The van der Waals surface area contributed by atoms with Gasteiger partial charge in [0.15, 0.2) is 0 Å². The molecule has 1 amide bonds. The summed E-state index contributed by atoms with van der Waals surface area (Å²) in [5.74, 6) is 0.336. The third-order valence-electron chi connectivity index (χ3n) is 2.49. The topological polar surface area (TPSA) is 40.5 Å². The molecule has 1 N–H and O–H groups in total. The van der Waals surface area contributed by atoms with Crippen molar-refractivity contribution in [3.05, 3.63) is 0 Å². The van der Waals surface area contributed by atoms with Crippen LogP contribution in [0.25, 0.3) is 0 Å². The highest BCUT2D eigenvalue weighted by Gasteiger charge is 2.29. The van der Waals surface area contributed by atoms with E-state index in [2.05, 4.69) is 6.92 Å². The van der Waals surface area contributed by atoms with Crippen LogP contribution in [0.5, 0.6) is 0 Å². The molecule has 1 heterocycles. The molecule has 1 atom stereocenters. The number of likely N-dealkylation sites (tertiary alicyclic amines) is 1. The molecule has 1 unspecified atom stereocenters.